The predicted molar refractivity (Wildman–Crippen MR) is 139 cm³/mol. The molecule has 2 fully saturated rings. The standard InChI is InChI=1S/C27H33N2OPS/c32-31(25-12-6-2-7-13-25,29-18-20-30-21-19-29)26-15-14-24(22-23-10-4-1-5-11-23)27(26)28-16-8-3-9-17-28/h1-2,4-7,10-13,22H,3,8-9,14-21H2. The van der Waals surface area contributed by atoms with E-state index in [1.165, 1.54) is 46.7 Å². The van der Waals surface area contributed by atoms with Crippen LogP contribution >= 0.6 is 6.19 Å². The molecule has 3 aliphatic rings. The molecule has 2 aliphatic heterocycles. The Bertz CT molecular complexity index is 1020. The topological polar surface area (TPSA) is 15.7 Å². The Morgan fingerprint density at radius 3 is 2.12 bits per heavy atom. The van der Waals surface area contributed by atoms with Crippen molar-refractivity contribution >= 4 is 29.4 Å². The lowest BCUT2D eigenvalue weighted by Gasteiger charge is -2.41. The highest BCUT2D eigenvalue weighted by Gasteiger charge is 2.39. The fourth-order valence-corrected chi connectivity index (χ4v) is 9.98. The Morgan fingerprint density at radius 2 is 1.44 bits per heavy atom. The Labute approximate surface area is 197 Å². The SMILES string of the molecule is S=P(C1=C(N2CCCCC2)C(=Cc2ccccc2)CC1)(c1ccccc1)N1CCOCC1. The molecule has 5 rings (SSSR count). The summed E-state index contributed by atoms with van der Waals surface area (Å²) in [6, 6.07) is 21.8. The number of benzene rings is 2. The monoisotopic (exact) mass is 464 g/mol. The largest absolute Gasteiger partial charge is 0.379 e. The summed E-state index contributed by atoms with van der Waals surface area (Å²) in [5.74, 6) is 0. The number of piperidine rings is 1. The van der Waals surface area contributed by atoms with Crippen LogP contribution in [0.2, 0.25) is 0 Å². The molecular weight excluding hydrogens is 431 g/mol. The zero-order chi connectivity index (χ0) is 21.8. The molecule has 1 aliphatic carbocycles. The fraction of sp³-hybridized carbons (Fsp3) is 0.407. The highest BCUT2D eigenvalue weighted by molar-refractivity contribution is 8.19. The number of morpholine rings is 1. The first-order valence-electron chi connectivity index (χ1n) is 12.0. The Morgan fingerprint density at radius 1 is 0.781 bits per heavy atom. The van der Waals surface area contributed by atoms with Crippen LogP contribution in [0.15, 0.2) is 77.2 Å². The zero-order valence-electron chi connectivity index (χ0n) is 18.8. The molecule has 5 heteroatoms. The van der Waals surface area contributed by atoms with Crippen molar-refractivity contribution in [3.8, 4) is 0 Å². The van der Waals surface area contributed by atoms with Crippen molar-refractivity contribution in [2.75, 3.05) is 39.4 Å². The third kappa shape index (κ3) is 4.39. The summed E-state index contributed by atoms with van der Waals surface area (Å²) in [6.45, 7) is 5.73. The van der Waals surface area contributed by atoms with E-state index in [1.807, 2.05) is 0 Å². The van der Waals surface area contributed by atoms with Crippen molar-refractivity contribution in [1.82, 2.24) is 9.57 Å². The molecule has 3 nitrogen and oxygen atoms in total. The van der Waals surface area contributed by atoms with Crippen molar-refractivity contribution in [2.45, 2.75) is 32.1 Å². The third-order valence-corrected chi connectivity index (χ3v) is 12.2. The van der Waals surface area contributed by atoms with Gasteiger partial charge in [0.1, 0.15) is 0 Å². The van der Waals surface area contributed by atoms with Gasteiger partial charge in [-0.3, -0.25) is 4.67 Å². The number of rotatable bonds is 5. The van der Waals surface area contributed by atoms with E-state index in [-0.39, 0.29) is 0 Å². The summed E-state index contributed by atoms with van der Waals surface area (Å²) in [5.41, 5.74) is 4.25. The van der Waals surface area contributed by atoms with E-state index in [2.05, 4.69) is 76.3 Å². The van der Waals surface area contributed by atoms with Gasteiger partial charge in [-0.25, -0.2) is 0 Å². The molecular formula is C27H33N2OPS. The first-order chi connectivity index (χ1) is 15.8. The summed E-state index contributed by atoms with van der Waals surface area (Å²) in [6.07, 6.45) is 6.41. The van der Waals surface area contributed by atoms with Gasteiger partial charge in [-0.05, 0) is 49.3 Å². The highest BCUT2D eigenvalue weighted by atomic mass is 32.4. The molecule has 168 valence electrons. The van der Waals surface area contributed by atoms with Crippen LogP contribution in [-0.2, 0) is 16.5 Å². The normalized spacial score (nSPS) is 23.5. The second-order valence-corrected chi connectivity index (χ2v) is 13.3. The molecule has 2 aromatic carbocycles. The van der Waals surface area contributed by atoms with E-state index < -0.39 is 6.19 Å². The molecule has 0 N–H and O–H groups in total. The van der Waals surface area contributed by atoms with E-state index in [1.54, 1.807) is 0 Å². The average molecular weight is 465 g/mol. The van der Waals surface area contributed by atoms with Crippen LogP contribution in [0.3, 0.4) is 0 Å². The van der Waals surface area contributed by atoms with Gasteiger partial charge in [0, 0.05) is 42.5 Å². The minimum Gasteiger partial charge on any atom is -0.379 e. The van der Waals surface area contributed by atoms with Crippen LogP contribution < -0.4 is 5.30 Å². The van der Waals surface area contributed by atoms with E-state index in [0.717, 1.165) is 52.2 Å². The molecule has 2 saturated heterocycles. The van der Waals surface area contributed by atoms with Crippen molar-refractivity contribution in [3.63, 3.8) is 0 Å². The lowest BCUT2D eigenvalue weighted by Crippen LogP contribution is -2.38. The van der Waals surface area contributed by atoms with Gasteiger partial charge in [-0.1, -0.05) is 72.5 Å². The predicted octanol–water partition coefficient (Wildman–Crippen LogP) is 5.61. The van der Waals surface area contributed by atoms with Gasteiger partial charge in [0.2, 0.25) is 0 Å². The van der Waals surface area contributed by atoms with Crippen molar-refractivity contribution in [3.05, 3.63) is 82.8 Å². The number of hydrogen-bond donors (Lipinski definition) is 0. The number of likely N-dealkylation sites (tertiary alicyclic amines) is 1. The van der Waals surface area contributed by atoms with Gasteiger partial charge in [0.25, 0.3) is 0 Å². The van der Waals surface area contributed by atoms with Gasteiger partial charge < -0.3 is 9.64 Å². The van der Waals surface area contributed by atoms with Crippen LogP contribution in [-0.4, -0.2) is 49.0 Å². The molecule has 0 amide bonds. The van der Waals surface area contributed by atoms with Gasteiger partial charge in [0.15, 0.2) is 0 Å². The molecule has 0 spiro atoms. The summed E-state index contributed by atoms with van der Waals surface area (Å²) in [4.78, 5) is 2.67. The smallest absolute Gasteiger partial charge is 0.0693 e. The molecule has 32 heavy (non-hydrogen) atoms. The summed E-state index contributed by atoms with van der Waals surface area (Å²) in [7, 11) is 0. The Hall–Kier alpha value is -1.71. The van der Waals surface area contributed by atoms with Crippen LogP contribution in [0.1, 0.15) is 37.7 Å². The molecule has 2 heterocycles. The van der Waals surface area contributed by atoms with Crippen molar-refractivity contribution in [2.24, 2.45) is 0 Å². The summed E-state index contributed by atoms with van der Waals surface area (Å²) >= 11 is 6.78. The number of hydrogen-bond acceptors (Lipinski definition) is 3. The van der Waals surface area contributed by atoms with Crippen LogP contribution in [0.25, 0.3) is 6.08 Å². The van der Waals surface area contributed by atoms with E-state index in [0.29, 0.717) is 0 Å². The first-order valence-corrected chi connectivity index (χ1v) is 14.8. The van der Waals surface area contributed by atoms with Crippen LogP contribution in [0.5, 0.6) is 0 Å². The maximum atomic E-state index is 6.78. The van der Waals surface area contributed by atoms with Gasteiger partial charge >= 0.3 is 0 Å². The second-order valence-electron chi connectivity index (χ2n) is 8.90. The third-order valence-electron chi connectivity index (χ3n) is 6.88. The lowest BCUT2D eigenvalue weighted by molar-refractivity contribution is 0.0752. The highest BCUT2D eigenvalue weighted by Crippen LogP contribution is 2.63. The molecule has 0 aromatic heterocycles. The van der Waals surface area contributed by atoms with Gasteiger partial charge in [-0.2, -0.15) is 0 Å². The minimum absolute atomic E-state index is 0.782. The molecule has 1 unspecified atom stereocenters. The average Bonchev–Trinajstić information content (AvgIpc) is 3.29. The minimum atomic E-state index is -2.08. The maximum Gasteiger partial charge on any atom is 0.0693 e. The second kappa shape index (κ2) is 10.1. The molecule has 2 aromatic rings. The van der Waals surface area contributed by atoms with E-state index >= 15 is 0 Å². The van der Waals surface area contributed by atoms with Crippen molar-refractivity contribution < 1.29 is 4.74 Å². The van der Waals surface area contributed by atoms with Gasteiger partial charge in [-0.15, -0.1) is 0 Å². The molecule has 1 atom stereocenters. The number of ether oxygens (including phenoxy) is 1. The molecule has 0 radical (unpaired) electrons. The first kappa shape index (κ1) is 22.1. The summed E-state index contributed by atoms with van der Waals surface area (Å²) < 4.78 is 8.33. The zero-order valence-corrected chi connectivity index (χ0v) is 20.5. The fourth-order valence-electron chi connectivity index (χ4n) is 5.32. The quantitative estimate of drug-likeness (QED) is 0.534. The number of nitrogens with zero attached hydrogens (tertiary/aromatic N) is 2. The Balaban J connectivity index is 1.67. The maximum absolute atomic E-state index is 6.78. The van der Waals surface area contributed by atoms with Crippen molar-refractivity contribution in [1.29, 1.82) is 0 Å². The van der Waals surface area contributed by atoms with Crippen LogP contribution in [0, 0.1) is 0 Å². The van der Waals surface area contributed by atoms with E-state index in [4.69, 9.17) is 16.5 Å². The van der Waals surface area contributed by atoms with Crippen LogP contribution in [0.4, 0.5) is 0 Å². The summed E-state index contributed by atoms with van der Waals surface area (Å²) in [5, 5.41) is 2.87. The molecule has 0 bridgehead atoms. The van der Waals surface area contributed by atoms with E-state index in [9.17, 15) is 0 Å². The Kier molecular flexibility index (Phi) is 6.94. The molecule has 0 saturated carbocycles. The lowest BCUT2D eigenvalue weighted by atomic mass is 10.1. The number of allylic oxidation sites excluding steroid dienone is 2. The van der Waals surface area contributed by atoms with Gasteiger partial charge in [0.05, 0.1) is 19.4 Å².